The Labute approximate surface area is 262 Å². The summed E-state index contributed by atoms with van der Waals surface area (Å²) < 4.78 is 40.1. The number of hydrogen-bond donors (Lipinski definition) is 0. The van der Waals surface area contributed by atoms with Crippen LogP contribution in [0.3, 0.4) is 0 Å². The number of benzene rings is 5. The molecule has 0 saturated carbocycles. The Morgan fingerprint density at radius 1 is 0.500 bits per heavy atom. The molecule has 0 aliphatic rings. The summed E-state index contributed by atoms with van der Waals surface area (Å²) in [6, 6.07) is 43.3. The van der Waals surface area contributed by atoms with Crippen molar-refractivity contribution in [1.82, 2.24) is 18.7 Å². The van der Waals surface area contributed by atoms with Gasteiger partial charge < -0.3 is 0 Å². The number of hydrogen-bond acceptors (Lipinski definition) is 1. The minimum atomic E-state index is -3.25. The van der Waals surface area contributed by atoms with Crippen molar-refractivity contribution >= 4 is 32.8 Å². The summed E-state index contributed by atoms with van der Waals surface area (Å²) in [5.74, 6) is -2.57. The Kier molecular flexibility index (Phi) is 6.28. The SMILES string of the molecule is FC(F)(c1cccc(-n2[c](=[Pt])n(-c3ccccc3)c3ccccc32)c1)c1ccc2c3ccccc3n(-c3ccccn3)c2c1. The zero-order valence-corrected chi connectivity index (χ0v) is 25.5. The van der Waals surface area contributed by atoms with Crippen molar-refractivity contribution in [1.29, 1.82) is 0 Å². The summed E-state index contributed by atoms with van der Waals surface area (Å²) in [4.78, 5) is 4.54. The second-order valence-electron chi connectivity index (χ2n) is 10.6. The molecule has 4 nitrogen and oxygen atoms in total. The van der Waals surface area contributed by atoms with Gasteiger partial charge in [-0.15, -0.1) is 0 Å². The Hall–Kier alpha value is -4.93. The van der Waals surface area contributed by atoms with Crippen LogP contribution in [0.2, 0.25) is 0 Å². The van der Waals surface area contributed by atoms with Gasteiger partial charge in [-0.1, -0.05) is 18.2 Å². The van der Waals surface area contributed by atoms with Gasteiger partial charge in [-0.2, -0.15) is 0 Å². The summed E-state index contributed by atoms with van der Waals surface area (Å²) >= 11 is 2.28. The van der Waals surface area contributed by atoms with E-state index < -0.39 is 5.92 Å². The van der Waals surface area contributed by atoms with Crippen molar-refractivity contribution in [3.8, 4) is 17.2 Å². The molecule has 0 spiro atoms. The fourth-order valence-electron chi connectivity index (χ4n) is 6.08. The van der Waals surface area contributed by atoms with E-state index in [1.807, 2.05) is 106 Å². The first kappa shape index (κ1) is 26.7. The molecule has 0 unspecified atom stereocenters. The molecule has 7 heteroatoms. The molecule has 0 aliphatic heterocycles. The number of nitrogens with zero attached hydrogens (tertiary/aromatic N) is 4. The van der Waals surface area contributed by atoms with Crippen molar-refractivity contribution in [2.45, 2.75) is 5.92 Å². The van der Waals surface area contributed by atoms with E-state index in [-0.39, 0.29) is 11.1 Å². The first-order valence-electron chi connectivity index (χ1n) is 14.2. The Morgan fingerprint density at radius 2 is 1.11 bits per heavy atom. The van der Waals surface area contributed by atoms with Gasteiger partial charge in [-0.25, -0.2) is 0 Å². The van der Waals surface area contributed by atoms with Crippen molar-refractivity contribution < 1.29 is 28.1 Å². The third-order valence-electron chi connectivity index (χ3n) is 8.10. The van der Waals surface area contributed by atoms with Crippen molar-refractivity contribution in [2.24, 2.45) is 0 Å². The van der Waals surface area contributed by atoms with E-state index in [0.717, 1.165) is 36.8 Å². The summed E-state index contributed by atoms with van der Waals surface area (Å²) in [5.41, 5.74) is 5.06. The summed E-state index contributed by atoms with van der Waals surface area (Å²) in [6.07, 6.45) is 1.72. The summed E-state index contributed by atoms with van der Waals surface area (Å²) in [7, 11) is 0. The molecule has 44 heavy (non-hydrogen) atoms. The Bertz CT molecular complexity index is 2390. The van der Waals surface area contributed by atoms with Crippen LogP contribution in [0.1, 0.15) is 11.1 Å². The molecule has 0 N–H and O–H groups in total. The molecule has 0 radical (unpaired) electrons. The minimum absolute atomic E-state index is 0.0741. The molecule has 8 aromatic rings. The molecule has 216 valence electrons. The number of fused-ring (bicyclic) bond motifs is 4. The fourth-order valence-corrected chi connectivity index (χ4v) is 7.22. The molecule has 0 amide bonds. The number of imidazole rings is 1. The standard InChI is InChI=1S/C37H24F2N4.Pt/c38-37(39,27-20-21-31-30-15-4-5-16-32(30)43(35(31)24-27)36-19-8-9-22-40-36)26-11-10-14-29(23-26)42-25-41(28-12-2-1-3-13-28)33-17-6-7-18-34(33)42;/h1-24H;. The zero-order valence-electron chi connectivity index (χ0n) is 23.2. The van der Waals surface area contributed by atoms with E-state index in [2.05, 4.69) is 35.0 Å². The molecule has 0 saturated heterocycles. The Morgan fingerprint density at radius 3 is 1.86 bits per heavy atom. The third kappa shape index (κ3) is 4.13. The molecule has 8 rings (SSSR count). The molecule has 0 bridgehead atoms. The van der Waals surface area contributed by atoms with Gasteiger partial charge in [0.2, 0.25) is 0 Å². The number of aromatic nitrogens is 4. The van der Waals surface area contributed by atoms with E-state index in [4.69, 9.17) is 0 Å². The van der Waals surface area contributed by atoms with Gasteiger partial charge in [0.1, 0.15) is 0 Å². The second-order valence-corrected chi connectivity index (χ2v) is 11.6. The van der Waals surface area contributed by atoms with Crippen LogP contribution in [0.15, 0.2) is 146 Å². The molecule has 0 fully saturated rings. The topological polar surface area (TPSA) is 27.7 Å². The number of para-hydroxylation sites is 4. The van der Waals surface area contributed by atoms with Crippen LogP contribution in [0, 0.1) is 3.80 Å². The molecule has 0 atom stereocenters. The van der Waals surface area contributed by atoms with E-state index in [1.165, 1.54) is 6.07 Å². The van der Waals surface area contributed by atoms with Gasteiger partial charge in [0.25, 0.3) is 0 Å². The normalized spacial score (nSPS) is 12.0. The maximum absolute atomic E-state index is 16.5. The van der Waals surface area contributed by atoms with Gasteiger partial charge in [0, 0.05) is 6.20 Å². The van der Waals surface area contributed by atoms with Gasteiger partial charge in [-0.3, -0.25) is 0 Å². The van der Waals surface area contributed by atoms with Gasteiger partial charge >= 0.3 is 233 Å². The fraction of sp³-hybridized carbons (Fsp3) is 0.0270. The molecule has 0 aliphatic carbocycles. The quantitative estimate of drug-likeness (QED) is 0.172. The van der Waals surface area contributed by atoms with Crippen LogP contribution in [0.25, 0.3) is 50.0 Å². The average Bonchev–Trinajstić information content (AvgIpc) is 3.56. The van der Waals surface area contributed by atoms with Crippen LogP contribution >= 0.6 is 0 Å². The molecule has 3 aromatic heterocycles. The van der Waals surface area contributed by atoms with E-state index in [1.54, 1.807) is 36.5 Å². The molecular weight excluding hydrogens is 734 g/mol. The Balaban J connectivity index is 1.29. The number of halogens is 2. The van der Waals surface area contributed by atoms with Crippen LogP contribution in [-0.4, -0.2) is 18.7 Å². The van der Waals surface area contributed by atoms with Gasteiger partial charge in [0.05, 0.1) is 0 Å². The van der Waals surface area contributed by atoms with Crippen LogP contribution in [-0.2, 0) is 25.3 Å². The summed E-state index contributed by atoms with van der Waals surface area (Å²) in [6.45, 7) is 0. The van der Waals surface area contributed by atoms with Crippen LogP contribution < -0.4 is 0 Å². The van der Waals surface area contributed by atoms with Crippen LogP contribution in [0.4, 0.5) is 8.78 Å². The second kappa shape index (κ2) is 10.4. The monoisotopic (exact) mass is 757 g/mol. The van der Waals surface area contributed by atoms with Crippen molar-refractivity contribution in [3.63, 3.8) is 0 Å². The van der Waals surface area contributed by atoms with E-state index in [0.29, 0.717) is 17.0 Å². The van der Waals surface area contributed by atoms with Gasteiger partial charge in [-0.05, 0) is 6.07 Å². The van der Waals surface area contributed by atoms with Crippen molar-refractivity contribution in [2.75, 3.05) is 0 Å². The zero-order chi connectivity index (χ0) is 29.8. The predicted molar refractivity (Wildman–Crippen MR) is 167 cm³/mol. The molecule has 5 aromatic carbocycles. The predicted octanol–water partition coefficient (Wildman–Crippen LogP) is 9.13. The van der Waals surface area contributed by atoms with Crippen molar-refractivity contribution in [3.05, 3.63) is 161 Å². The number of rotatable bonds is 5. The van der Waals surface area contributed by atoms with E-state index in [9.17, 15) is 0 Å². The molecule has 3 heterocycles. The third-order valence-corrected chi connectivity index (χ3v) is 9.12. The van der Waals surface area contributed by atoms with E-state index >= 15 is 8.78 Å². The number of pyridine rings is 1. The first-order valence-corrected chi connectivity index (χ1v) is 15.3. The average molecular weight is 758 g/mol. The summed E-state index contributed by atoms with van der Waals surface area (Å²) in [5, 5.41) is 1.89. The van der Waals surface area contributed by atoms with Gasteiger partial charge in [0.15, 0.2) is 0 Å². The first-order chi connectivity index (χ1) is 21.5. The van der Waals surface area contributed by atoms with Crippen LogP contribution in [0.5, 0.6) is 0 Å². The molecular formula is C37H24F2N4Pt. The number of alkyl halides is 2. The maximum atomic E-state index is 16.5.